The molecule has 0 unspecified atom stereocenters. The number of carbonyl (C=O) groups is 2. The van der Waals surface area contributed by atoms with Gasteiger partial charge in [-0.1, -0.05) is 11.6 Å². The molecule has 1 aliphatic heterocycles. The van der Waals surface area contributed by atoms with Crippen molar-refractivity contribution in [3.05, 3.63) is 77.5 Å². The van der Waals surface area contributed by atoms with Crippen LogP contribution in [-0.2, 0) is 4.79 Å². The lowest BCUT2D eigenvalue weighted by Crippen LogP contribution is -2.38. The van der Waals surface area contributed by atoms with Crippen molar-refractivity contribution >= 4 is 53.0 Å². The molecule has 1 aliphatic rings. The highest BCUT2D eigenvalue weighted by Gasteiger charge is 2.26. The van der Waals surface area contributed by atoms with Crippen molar-refractivity contribution < 1.29 is 14.0 Å². The van der Waals surface area contributed by atoms with E-state index in [4.69, 9.17) is 11.6 Å². The van der Waals surface area contributed by atoms with Gasteiger partial charge in [-0.3, -0.25) is 14.6 Å². The zero-order valence-electron chi connectivity index (χ0n) is 17.5. The Bertz CT molecular complexity index is 1110. The van der Waals surface area contributed by atoms with E-state index in [1.165, 1.54) is 24.4 Å². The van der Waals surface area contributed by atoms with Crippen LogP contribution in [0.4, 0.5) is 21.6 Å². The molecule has 1 fully saturated rings. The maximum Gasteiger partial charge on any atom is 0.259 e. The van der Waals surface area contributed by atoms with E-state index in [-0.39, 0.29) is 41.3 Å². The Labute approximate surface area is 201 Å². The highest BCUT2D eigenvalue weighted by Crippen LogP contribution is 2.25. The summed E-state index contributed by atoms with van der Waals surface area (Å²) in [7, 11) is 0. The topological polar surface area (TPSA) is 87.2 Å². The highest BCUT2D eigenvalue weighted by atomic mass is 35.5. The number of halogens is 3. The number of aromatic nitrogens is 2. The monoisotopic (exact) mass is 489 g/mol. The zero-order chi connectivity index (χ0) is 22.5. The van der Waals surface area contributed by atoms with Gasteiger partial charge in [0.1, 0.15) is 11.6 Å². The third-order valence-corrected chi connectivity index (χ3v) is 5.57. The van der Waals surface area contributed by atoms with Crippen LogP contribution in [0.2, 0.25) is 5.02 Å². The Kier molecular flexibility index (Phi) is 8.19. The van der Waals surface area contributed by atoms with E-state index in [1.807, 2.05) is 12.1 Å². The first-order chi connectivity index (χ1) is 15.5. The largest absolute Gasteiger partial charge is 0.371 e. The zero-order valence-corrected chi connectivity index (χ0v) is 19.1. The molecule has 172 valence electrons. The Morgan fingerprint density at radius 3 is 2.42 bits per heavy atom. The molecule has 0 saturated carbocycles. The van der Waals surface area contributed by atoms with E-state index in [9.17, 15) is 14.0 Å². The quantitative estimate of drug-likeness (QED) is 0.537. The van der Waals surface area contributed by atoms with E-state index >= 15 is 0 Å². The van der Waals surface area contributed by atoms with Gasteiger partial charge in [-0.25, -0.2) is 9.37 Å². The molecule has 10 heteroatoms. The molecule has 4 rings (SSSR count). The number of nitrogens with one attached hydrogen (secondary N) is 2. The van der Waals surface area contributed by atoms with Crippen molar-refractivity contribution in [1.29, 1.82) is 0 Å². The van der Waals surface area contributed by atoms with Gasteiger partial charge in [0.05, 0.1) is 16.3 Å². The van der Waals surface area contributed by atoms with Gasteiger partial charge in [0.2, 0.25) is 5.91 Å². The predicted octanol–water partition coefficient (Wildman–Crippen LogP) is 4.80. The van der Waals surface area contributed by atoms with E-state index in [0.717, 1.165) is 24.8 Å². The second-order valence-corrected chi connectivity index (χ2v) is 7.90. The van der Waals surface area contributed by atoms with Crippen LogP contribution in [-0.4, -0.2) is 34.9 Å². The first-order valence-electron chi connectivity index (χ1n) is 10.2. The number of carbonyl (C=O) groups excluding carboxylic acids is 2. The predicted molar refractivity (Wildman–Crippen MR) is 129 cm³/mol. The molecule has 2 aromatic heterocycles. The summed E-state index contributed by atoms with van der Waals surface area (Å²) in [5.41, 5.74) is 1.34. The minimum atomic E-state index is -0.581. The number of amides is 2. The molecular weight excluding hydrogens is 468 g/mol. The minimum absolute atomic E-state index is 0. The van der Waals surface area contributed by atoms with Gasteiger partial charge < -0.3 is 15.5 Å². The number of rotatable bonds is 5. The normalized spacial score (nSPS) is 13.7. The Balaban J connectivity index is 0.00000306. The summed E-state index contributed by atoms with van der Waals surface area (Å²) < 4.78 is 13.9. The summed E-state index contributed by atoms with van der Waals surface area (Å²) in [6.45, 7) is 1.47. The molecule has 0 atom stereocenters. The molecule has 7 nitrogen and oxygen atoms in total. The van der Waals surface area contributed by atoms with Gasteiger partial charge in [-0.15, -0.1) is 12.4 Å². The lowest BCUT2D eigenvalue weighted by atomic mass is 9.95. The van der Waals surface area contributed by atoms with Crippen molar-refractivity contribution in [2.45, 2.75) is 12.8 Å². The molecule has 3 heterocycles. The van der Waals surface area contributed by atoms with Crippen LogP contribution in [0, 0.1) is 11.7 Å². The molecule has 33 heavy (non-hydrogen) atoms. The summed E-state index contributed by atoms with van der Waals surface area (Å²) in [6, 6.07) is 10.7. The van der Waals surface area contributed by atoms with Gasteiger partial charge in [0.15, 0.2) is 0 Å². The molecule has 2 N–H and O–H groups in total. The van der Waals surface area contributed by atoms with Crippen LogP contribution >= 0.6 is 24.0 Å². The van der Waals surface area contributed by atoms with Crippen molar-refractivity contribution in [3.8, 4) is 0 Å². The highest BCUT2D eigenvalue weighted by molar-refractivity contribution is 6.30. The van der Waals surface area contributed by atoms with Crippen molar-refractivity contribution in [2.24, 2.45) is 5.92 Å². The smallest absolute Gasteiger partial charge is 0.259 e. The fourth-order valence-corrected chi connectivity index (χ4v) is 3.75. The Morgan fingerprint density at radius 1 is 1.03 bits per heavy atom. The van der Waals surface area contributed by atoms with Crippen LogP contribution in [0.15, 0.2) is 61.1 Å². The average molecular weight is 490 g/mol. The van der Waals surface area contributed by atoms with Crippen molar-refractivity contribution in [1.82, 2.24) is 9.97 Å². The molecule has 0 spiro atoms. The second-order valence-electron chi connectivity index (χ2n) is 7.46. The molecule has 2 amide bonds. The minimum Gasteiger partial charge on any atom is -0.371 e. The lowest BCUT2D eigenvalue weighted by Gasteiger charge is -2.33. The summed E-state index contributed by atoms with van der Waals surface area (Å²) in [4.78, 5) is 35.8. The second kappa shape index (κ2) is 11.1. The first-order valence-corrected chi connectivity index (χ1v) is 10.6. The molecular formula is C23H22Cl2FN5O2. The third-order valence-electron chi connectivity index (χ3n) is 5.35. The summed E-state index contributed by atoms with van der Waals surface area (Å²) in [6.07, 6.45) is 6.23. The van der Waals surface area contributed by atoms with E-state index in [2.05, 4.69) is 25.5 Å². The fourth-order valence-electron chi connectivity index (χ4n) is 3.64. The van der Waals surface area contributed by atoms with E-state index < -0.39 is 11.7 Å². The standard InChI is InChI=1S/C23H21ClFN5O2.ClH/c24-16-1-4-21(27-14-16)29-23(32)19-13-17(25)2-3-20(19)28-22(31)15-7-11-30(12-8-15)18-5-9-26-10-6-18;/h1-6,9-10,13-15H,7-8,11-12H2,(H,28,31)(H,27,29,32);1H. The number of anilines is 3. The molecule has 1 aromatic carbocycles. The van der Waals surface area contributed by atoms with Crippen LogP contribution in [0.1, 0.15) is 23.2 Å². The average Bonchev–Trinajstić information content (AvgIpc) is 2.82. The number of pyridine rings is 2. The van der Waals surface area contributed by atoms with Crippen LogP contribution < -0.4 is 15.5 Å². The number of hydrogen-bond donors (Lipinski definition) is 2. The van der Waals surface area contributed by atoms with Gasteiger partial charge >= 0.3 is 0 Å². The summed E-state index contributed by atoms with van der Waals surface area (Å²) in [5, 5.41) is 5.82. The first kappa shape index (κ1) is 24.4. The lowest BCUT2D eigenvalue weighted by molar-refractivity contribution is -0.120. The Hall–Kier alpha value is -3.23. The van der Waals surface area contributed by atoms with Gasteiger partial charge in [-0.05, 0) is 55.3 Å². The Morgan fingerprint density at radius 2 is 1.76 bits per heavy atom. The van der Waals surface area contributed by atoms with Gasteiger partial charge in [-0.2, -0.15) is 0 Å². The van der Waals surface area contributed by atoms with E-state index in [1.54, 1.807) is 18.5 Å². The molecule has 1 saturated heterocycles. The van der Waals surface area contributed by atoms with Crippen molar-refractivity contribution in [2.75, 3.05) is 28.6 Å². The fraction of sp³-hybridized carbons (Fsp3) is 0.217. The van der Waals surface area contributed by atoms with Gasteiger partial charge in [0, 0.05) is 43.3 Å². The number of nitrogens with zero attached hydrogens (tertiary/aromatic N) is 3. The van der Waals surface area contributed by atoms with Gasteiger partial charge in [0.25, 0.3) is 5.91 Å². The van der Waals surface area contributed by atoms with E-state index in [0.29, 0.717) is 17.9 Å². The summed E-state index contributed by atoms with van der Waals surface area (Å²) in [5.74, 6) is -1.29. The molecule has 0 radical (unpaired) electrons. The number of benzene rings is 1. The number of hydrogen-bond acceptors (Lipinski definition) is 5. The van der Waals surface area contributed by atoms with Crippen LogP contribution in [0.5, 0.6) is 0 Å². The SMILES string of the molecule is Cl.O=C(Nc1ccc(Cl)cn1)c1cc(F)ccc1NC(=O)C1CCN(c2ccncc2)CC1. The molecule has 0 bridgehead atoms. The van der Waals surface area contributed by atoms with Crippen LogP contribution in [0.25, 0.3) is 0 Å². The molecule has 0 aliphatic carbocycles. The number of piperidine rings is 1. The third kappa shape index (κ3) is 6.18. The maximum absolute atomic E-state index is 13.9. The van der Waals surface area contributed by atoms with Crippen LogP contribution in [0.3, 0.4) is 0 Å². The molecule has 3 aromatic rings. The summed E-state index contributed by atoms with van der Waals surface area (Å²) >= 11 is 5.81. The van der Waals surface area contributed by atoms with Crippen molar-refractivity contribution in [3.63, 3.8) is 0 Å². The maximum atomic E-state index is 13.9.